The Bertz CT molecular complexity index is 297. The molecule has 4 aliphatic carbocycles. The molecule has 0 aromatic heterocycles. The number of piperidine rings is 1. The molecule has 0 amide bonds. The standard InChI is InChI=1S/C17H30N2/c18-4-3-12-2-1-5-19(11-12)17-15-7-13-6-14(9-15)10-16(17)8-13/h12-17H,1-11,18H2. The number of likely N-dealkylation sites (tertiary alicyclic amines) is 1. The van der Waals surface area contributed by atoms with Crippen LogP contribution in [0.3, 0.4) is 0 Å². The van der Waals surface area contributed by atoms with Gasteiger partial charge in [0.1, 0.15) is 0 Å². The van der Waals surface area contributed by atoms with Crippen LogP contribution in [0.15, 0.2) is 0 Å². The fourth-order valence-corrected chi connectivity index (χ4v) is 6.33. The van der Waals surface area contributed by atoms with E-state index in [1.165, 1.54) is 32.4 Å². The summed E-state index contributed by atoms with van der Waals surface area (Å²) < 4.78 is 0. The molecule has 108 valence electrons. The molecule has 1 heterocycles. The molecule has 0 aromatic carbocycles. The third-order valence-electron chi connectivity index (χ3n) is 6.72. The summed E-state index contributed by atoms with van der Waals surface area (Å²) in [6, 6.07) is 0.966. The second kappa shape index (κ2) is 5.04. The average molecular weight is 262 g/mol. The van der Waals surface area contributed by atoms with Crippen LogP contribution in [0.25, 0.3) is 0 Å². The van der Waals surface area contributed by atoms with Gasteiger partial charge in [0, 0.05) is 12.6 Å². The minimum atomic E-state index is 0.889. The second-order valence-corrected chi connectivity index (χ2v) is 8.00. The first kappa shape index (κ1) is 12.6. The Morgan fingerprint density at radius 3 is 2.26 bits per heavy atom. The number of rotatable bonds is 3. The normalized spacial score (nSPS) is 49.7. The van der Waals surface area contributed by atoms with Crippen LogP contribution in [-0.4, -0.2) is 30.6 Å². The van der Waals surface area contributed by atoms with Crippen LogP contribution in [0, 0.1) is 29.6 Å². The first-order chi connectivity index (χ1) is 9.33. The van der Waals surface area contributed by atoms with Crippen molar-refractivity contribution in [1.29, 1.82) is 0 Å². The molecule has 2 heteroatoms. The number of hydrogen-bond donors (Lipinski definition) is 1. The maximum absolute atomic E-state index is 5.78. The van der Waals surface area contributed by atoms with Gasteiger partial charge in [0.15, 0.2) is 0 Å². The highest BCUT2D eigenvalue weighted by atomic mass is 15.2. The maximum atomic E-state index is 5.78. The second-order valence-electron chi connectivity index (χ2n) is 8.00. The van der Waals surface area contributed by atoms with E-state index >= 15 is 0 Å². The Morgan fingerprint density at radius 2 is 1.63 bits per heavy atom. The van der Waals surface area contributed by atoms with Gasteiger partial charge in [0.05, 0.1) is 0 Å². The van der Waals surface area contributed by atoms with Crippen molar-refractivity contribution in [1.82, 2.24) is 4.90 Å². The SMILES string of the molecule is NCCC1CCCN(C2C3CC4CC(C3)CC2C4)C1. The molecule has 5 aliphatic rings. The van der Waals surface area contributed by atoms with Crippen LogP contribution >= 0.6 is 0 Å². The molecule has 1 saturated heterocycles. The van der Waals surface area contributed by atoms with Gasteiger partial charge >= 0.3 is 0 Å². The highest BCUT2D eigenvalue weighted by molar-refractivity contribution is 5.02. The predicted octanol–water partition coefficient (Wildman–Crippen LogP) is 2.87. The summed E-state index contributed by atoms with van der Waals surface area (Å²) in [5.74, 6) is 5.25. The van der Waals surface area contributed by atoms with Crippen molar-refractivity contribution < 1.29 is 0 Å². The van der Waals surface area contributed by atoms with E-state index < -0.39 is 0 Å². The van der Waals surface area contributed by atoms with Gasteiger partial charge in [-0.25, -0.2) is 0 Å². The molecule has 0 aromatic rings. The number of nitrogens with zero attached hydrogens (tertiary/aromatic N) is 1. The van der Waals surface area contributed by atoms with E-state index in [1.807, 2.05) is 0 Å². The van der Waals surface area contributed by atoms with Gasteiger partial charge in [0.2, 0.25) is 0 Å². The number of nitrogens with two attached hydrogens (primary N) is 1. The van der Waals surface area contributed by atoms with Crippen LogP contribution in [0.5, 0.6) is 0 Å². The summed E-state index contributed by atoms with van der Waals surface area (Å²) in [6.45, 7) is 3.64. The van der Waals surface area contributed by atoms with Crippen LogP contribution in [-0.2, 0) is 0 Å². The molecule has 0 spiro atoms. The third-order valence-corrected chi connectivity index (χ3v) is 6.72. The summed E-state index contributed by atoms with van der Waals surface area (Å²) in [7, 11) is 0. The molecule has 1 unspecified atom stereocenters. The number of hydrogen-bond acceptors (Lipinski definition) is 2. The lowest BCUT2D eigenvalue weighted by Crippen LogP contribution is -2.57. The van der Waals surface area contributed by atoms with E-state index in [9.17, 15) is 0 Å². The van der Waals surface area contributed by atoms with Crippen molar-refractivity contribution in [3.8, 4) is 0 Å². The minimum Gasteiger partial charge on any atom is -0.330 e. The van der Waals surface area contributed by atoms with Gasteiger partial charge in [-0.15, -0.1) is 0 Å². The van der Waals surface area contributed by atoms with Gasteiger partial charge in [-0.1, -0.05) is 0 Å². The fraction of sp³-hybridized carbons (Fsp3) is 1.00. The fourth-order valence-electron chi connectivity index (χ4n) is 6.33. The zero-order valence-electron chi connectivity index (χ0n) is 12.3. The third kappa shape index (κ3) is 2.25. The smallest absolute Gasteiger partial charge is 0.0152 e. The van der Waals surface area contributed by atoms with Crippen molar-refractivity contribution >= 4 is 0 Å². The maximum Gasteiger partial charge on any atom is 0.0152 e. The van der Waals surface area contributed by atoms with Gasteiger partial charge in [0.25, 0.3) is 0 Å². The molecule has 4 saturated carbocycles. The summed E-state index contributed by atoms with van der Waals surface area (Å²) in [4.78, 5) is 2.91. The largest absolute Gasteiger partial charge is 0.330 e. The topological polar surface area (TPSA) is 29.3 Å². The van der Waals surface area contributed by atoms with E-state index in [2.05, 4.69) is 4.90 Å². The molecule has 5 fully saturated rings. The summed E-state index contributed by atoms with van der Waals surface area (Å²) in [5.41, 5.74) is 5.78. The Balaban J connectivity index is 1.46. The molecular formula is C17H30N2. The first-order valence-corrected chi connectivity index (χ1v) is 8.77. The molecule has 2 nitrogen and oxygen atoms in total. The summed E-state index contributed by atoms with van der Waals surface area (Å²) in [5, 5.41) is 0. The lowest BCUT2D eigenvalue weighted by molar-refractivity contribution is -0.0760. The van der Waals surface area contributed by atoms with Gasteiger partial charge in [-0.05, 0) is 94.0 Å². The van der Waals surface area contributed by atoms with E-state index in [0.29, 0.717) is 0 Å². The highest BCUT2D eigenvalue weighted by Gasteiger charge is 2.50. The Labute approximate surface area is 118 Å². The van der Waals surface area contributed by atoms with Crippen molar-refractivity contribution in [2.24, 2.45) is 35.3 Å². The van der Waals surface area contributed by atoms with E-state index in [-0.39, 0.29) is 0 Å². The van der Waals surface area contributed by atoms with Gasteiger partial charge < -0.3 is 5.73 Å². The predicted molar refractivity (Wildman–Crippen MR) is 78.8 cm³/mol. The molecule has 4 bridgehead atoms. The summed E-state index contributed by atoms with van der Waals surface area (Å²) >= 11 is 0. The lowest BCUT2D eigenvalue weighted by Gasteiger charge is -2.58. The lowest BCUT2D eigenvalue weighted by atomic mass is 9.53. The molecule has 0 radical (unpaired) electrons. The van der Waals surface area contributed by atoms with Gasteiger partial charge in [-0.2, -0.15) is 0 Å². The van der Waals surface area contributed by atoms with E-state index in [1.54, 1.807) is 32.1 Å². The monoisotopic (exact) mass is 262 g/mol. The van der Waals surface area contributed by atoms with Crippen LogP contribution in [0.1, 0.15) is 51.4 Å². The van der Waals surface area contributed by atoms with E-state index in [4.69, 9.17) is 5.73 Å². The molecule has 1 atom stereocenters. The molecule has 1 aliphatic heterocycles. The molecule has 19 heavy (non-hydrogen) atoms. The quantitative estimate of drug-likeness (QED) is 0.847. The van der Waals surface area contributed by atoms with Crippen molar-refractivity contribution in [2.75, 3.05) is 19.6 Å². The molecule has 5 rings (SSSR count). The Morgan fingerprint density at radius 1 is 0.947 bits per heavy atom. The molecule has 2 N–H and O–H groups in total. The van der Waals surface area contributed by atoms with Crippen molar-refractivity contribution in [2.45, 2.75) is 57.4 Å². The van der Waals surface area contributed by atoms with Crippen molar-refractivity contribution in [3.63, 3.8) is 0 Å². The first-order valence-electron chi connectivity index (χ1n) is 8.77. The molecular weight excluding hydrogens is 232 g/mol. The zero-order chi connectivity index (χ0) is 12.8. The Hall–Kier alpha value is -0.0800. The van der Waals surface area contributed by atoms with Gasteiger partial charge in [-0.3, -0.25) is 4.90 Å². The Kier molecular flexibility index (Phi) is 3.35. The van der Waals surface area contributed by atoms with Crippen LogP contribution in [0.4, 0.5) is 0 Å². The van der Waals surface area contributed by atoms with E-state index in [0.717, 1.165) is 42.2 Å². The van der Waals surface area contributed by atoms with Crippen molar-refractivity contribution in [3.05, 3.63) is 0 Å². The van der Waals surface area contributed by atoms with Crippen LogP contribution in [0.2, 0.25) is 0 Å². The highest BCUT2D eigenvalue weighted by Crippen LogP contribution is 2.55. The zero-order valence-corrected chi connectivity index (χ0v) is 12.3. The summed E-state index contributed by atoms with van der Waals surface area (Å²) in [6.07, 6.45) is 11.9. The average Bonchev–Trinajstić information content (AvgIpc) is 2.38. The minimum absolute atomic E-state index is 0.889. The van der Waals surface area contributed by atoms with Crippen LogP contribution < -0.4 is 5.73 Å².